The number of Topliss-reactive ketones (excluding diaryl/α,β-unsaturated/α-hetero) is 1. The van der Waals surface area contributed by atoms with E-state index in [1.165, 1.54) is 12.4 Å². The van der Waals surface area contributed by atoms with E-state index in [1.807, 2.05) is 6.92 Å². The summed E-state index contributed by atoms with van der Waals surface area (Å²) < 4.78 is 44.2. The lowest BCUT2D eigenvalue weighted by molar-refractivity contribution is -0.146. The zero-order valence-corrected chi connectivity index (χ0v) is 23.3. The Morgan fingerprint density at radius 2 is 1.79 bits per heavy atom. The van der Waals surface area contributed by atoms with Crippen LogP contribution in [-0.4, -0.2) is 55.5 Å². The summed E-state index contributed by atoms with van der Waals surface area (Å²) in [4.78, 5) is 43.6. The second-order valence-corrected chi connectivity index (χ2v) is 11.6. The number of carboxylic acid groups (broad SMARTS) is 1. The van der Waals surface area contributed by atoms with Crippen LogP contribution < -0.4 is 0 Å². The molecule has 0 spiro atoms. The van der Waals surface area contributed by atoms with E-state index in [4.69, 9.17) is 11.6 Å². The molecule has 1 N–H and O–H groups in total. The second kappa shape index (κ2) is 12.1. The van der Waals surface area contributed by atoms with Crippen molar-refractivity contribution in [1.82, 2.24) is 19.7 Å². The standard InChI is InChI=1S/C27H34ClF3N4O4/c1-5-16-11-32-13-19(28)23(16)21(36)14-34(15-26(2,3)4)25(39)18-12-33-35(24(18)27(29,30)31)20-9-7-6-8-17(20)10-22(37)38/h11-13,17,20H,5-10,14-15H2,1-4H3,(H,37,38). The number of rotatable bonds is 9. The molecule has 1 fully saturated rings. The Morgan fingerprint density at radius 3 is 2.38 bits per heavy atom. The summed E-state index contributed by atoms with van der Waals surface area (Å²) >= 11 is 6.25. The molecule has 214 valence electrons. The molecule has 8 nitrogen and oxygen atoms in total. The van der Waals surface area contributed by atoms with Gasteiger partial charge in [-0.25, -0.2) is 0 Å². The third-order valence-electron chi connectivity index (χ3n) is 6.84. The summed E-state index contributed by atoms with van der Waals surface area (Å²) in [5.41, 5.74) is -1.68. The molecule has 0 aromatic carbocycles. The van der Waals surface area contributed by atoms with Crippen LogP contribution in [0.1, 0.15) is 97.8 Å². The average molecular weight is 571 g/mol. The van der Waals surface area contributed by atoms with Crippen LogP contribution in [0, 0.1) is 11.3 Å². The van der Waals surface area contributed by atoms with Crippen molar-refractivity contribution < 1.29 is 32.7 Å². The fourth-order valence-electron chi connectivity index (χ4n) is 5.28. The van der Waals surface area contributed by atoms with Crippen molar-refractivity contribution in [3.63, 3.8) is 0 Å². The van der Waals surface area contributed by atoms with E-state index in [0.717, 1.165) is 15.8 Å². The summed E-state index contributed by atoms with van der Waals surface area (Å²) in [6.45, 7) is 6.74. The highest BCUT2D eigenvalue weighted by molar-refractivity contribution is 6.34. The predicted molar refractivity (Wildman–Crippen MR) is 139 cm³/mol. The van der Waals surface area contributed by atoms with E-state index in [9.17, 15) is 32.7 Å². The number of ketones is 1. The first-order valence-electron chi connectivity index (χ1n) is 12.9. The molecule has 2 unspecified atom stereocenters. The maximum absolute atomic E-state index is 14.5. The molecule has 0 saturated heterocycles. The molecule has 39 heavy (non-hydrogen) atoms. The molecule has 1 aliphatic rings. The Labute approximate surface area is 230 Å². The van der Waals surface area contributed by atoms with Crippen molar-refractivity contribution in [2.75, 3.05) is 13.1 Å². The zero-order chi connectivity index (χ0) is 29.1. The summed E-state index contributed by atoms with van der Waals surface area (Å²) in [7, 11) is 0. The topological polar surface area (TPSA) is 105 Å². The Bertz CT molecular complexity index is 1220. The van der Waals surface area contributed by atoms with Crippen molar-refractivity contribution in [2.24, 2.45) is 11.3 Å². The molecule has 3 rings (SSSR count). The predicted octanol–water partition coefficient (Wildman–Crippen LogP) is 6.09. The number of carboxylic acids is 1. The van der Waals surface area contributed by atoms with Gasteiger partial charge in [-0.05, 0) is 36.2 Å². The first kappa shape index (κ1) is 30.6. The van der Waals surface area contributed by atoms with Crippen LogP contribution in [0.2, 0.25) is 5.02 Å². The molecule has 2 heterocycles. The summed E-state index contributed by atoms with van der Waals surface area (Å²) in [6.07, 6.45) is 1.03. The van der Waals surface area contributed by atoms with E-state index < -0.39 is 59.0 Å². The van der Waals surface area contributed by atoms with E-state index in [2.05, 4.69) is 10.1 Å². The van der Waals surface area contributed by atoms with Crippen LogP contribution in [0.5, 0.6) is 0 Å². The number of aliphatic carboxylic acids is 1. The van der Waals surface area contributed by atoms with Crippen LogP contribution >= 0.6 is 11.6 Å². The number of halogens is 4. The van der Waals surface area contributed by atoms with E-state index in [0.29, 0.717) is 37.7 Å². The Morgan fingerprint density at radius 1 is 1.13 bits per heavy atom. The van der Waals surface area contributed by atoms with Gasteiger partial charge in [-0.15, -0.1) is 0 Å². The van der Waals surface area contributed by atoms with E-state index in [1.54, 1.807) is 20.8 Å². The monoisotopic (exact) mass is 570 g/mol. The average Bonchev–Trinajstić information content (AvgIpc) is 3.27. The van der Waals surface area contributed by atoms with Crippen molar-refractivity contribution in [1.29, 1.82) is 0 Å². The summed E-state index contributed by atoms with van der Waals surface area (Å²) in [6, 6.07) is -0.812. The molecule has 2 atom stereocenters. The smallest absolute Gasteiger partial charge is 0.433 e. The van der Waals surface area contributed by atoms with Gasteiger partial charge >= 0.3 is 12.1 Å². The third kappa shape index (κ3) is 7.38. The largest absolute Gasteiger partial charge is 0.481 e. The van der Waals surface area contributed by atoms with Gasteiger partial charge in [0, 0.05) is 24.5 Å². The number of carbonyl (C=O) groups is 3. The lowest BCUT2D eigenvalue weighted by Gasteiger charge is -2.33. The number of nitrogens with zero attached hydrogens (tertiary/aromatic N) is 4. The number of carbonyl (C=O) groups excluding carboxylic acids is 2. The number of aryl methyl sites for hydroxylation is 1. The maximum atomic E-state index is 14.5. The highest BCUT2D eigenvalue weighted by Crippen LogP contribution is 2.41. The molecule has 1 saturated carbocycles. The highest BCUT2D eigenvalue weighted by atomic mass is 35.5. The molecule has 0 radical (unpaired) electrons. The minimum Gasteiger partial charge on any atom is -0.481 e. The van der Waals surface area contributed by atoms with Crippen LogP contribution in [0.3, 0.4) is 0 Å². The van der Waals surface area contributed by atoms with Gasteiger partial charge in [0.1, 0.15) is 0 Å². The van der Waals surface area contributed by atoms with Gasteiger partial charge in [-0.2, -0.15) is 18.3 Å². The SMILES string of the molecule is CCc1cncc(Cl)c1C(=O)CN(CC(C)(C)C)C(=O)c1cnn(C2CCCCC2CC(=O)O)c1C(F)(F)F. The normalized spacial score (nSPS) is 18.2. The van der Waals surface area contributed by atoms with Gasteiger partial charge in [-0.3, -0.25) is 24.0 Å². The molecular weight excluding hydrogens is 537 g/mol. The minimum atomic E-state index is -4.94. The van der Waals surface area contributed by atoms with Crippen molar-refractivity contribution >= 4 is 29.3 Å². The second-order valence-electron chi connectivity index (χ2n) is 11.2. The molecule has 1 aliphatic carbocycles. The lowest BCUT2D eigenvalue weighted by Crippen LogP contribution is -2.42. The van der Waals surface area contributed by atoms with Gasteiger partial charge < -0.3 is 10.0 Å². The van der Waals surface area contributed by atoms with E-state index >= 15 is 0 Å². The Kier molecular flexibility index (Phi) is 9.46. The van der Waals surface area contributed by atoms with Crippen molar-refractivity contribution in [3.8, 4) is 0 Å². The Hall–Kier alpha value is -2.95. The van der Waals surface area contributed by atoms with Gasteiger partial charge in [0.05, 0.1) is 35.8 Å². The third-order valence-corrected chi connectivity index (χ3v) is 7.13. The fraction of sp³-hybridized carbons (Fsp3) is 0.593. The maximum Gasteiger partial charge on any atom is 0.433 e. The molecule has 1 amide bonds. The quantitative estimate of drug-likeness (QED) is 0.366. The first-order chi connectivity index (χ1) is 18.1. The molecule has 2 aromatic heterocycles. The fourth-order valence-corrected chi connectivity index (χ4v) is 5.56. The highest BCUT2D eigenvalue weighted by Gasteiger charge is 2.44. The zero-order valence-electron chi connectivity index (χ0n) is 22.5. The number of hydrogen-bond donors (Lipinski definition) is 1. The summed E-state index contributed by atoms with van der Waals surface area (Å²) in [5, 5.41) is 13.4. The van der Waals surface area contributed by atoms with Gasteiger partial charge in [0.15, 0.2) is 11.5 Å². The number of pyridine rings is 1. The molecule has 0 aliphatic heterocycles. The summed E-state index contributed by atoms with van der Waals surface area (Å²) in [5.74, 6) is -3.13. The van der Waals surface area contributed by atoms with Crippen LogP contribution in [0.25, 0.3) is 0 Å². The van der Waals surface area contributed by atoms with Crippen LogP contribution in [0.4, 0.5) is 13.2 Å². The van der Waals surface area contributed by atoms with Crippen LogP contribution in [0.15, 0.2) is 18.6 Å². The van der Waals surface area contributed by atoms with E-state index in [-0.39, 0.29) is 23.6 Å². The van der Waals surface area contributed by atoms with Gasteiger partial charge in [-0.1, -0.05) is 52.1 Å². The number of alkyl halides is 3. The first-order valence-corrected chi connectivity index (χ1v) is 13.3. The molecule has 2 aromatic rings. The van der Waals surface area contributed by atoms with Crippen LogP contribution in [-0.2, 0) is 17.4 Å². The molecular formula is C27H34ClF3N4O4. The lowest BCUT2D eigenvalue weighted by atomic mass is 9.82. The minimum absolute atomic E-state index is 0.00468. The Balaban J connectivity index is 2.05. The molecule has 12 heteroatoms. The molecule has 0 bridgehead atoms. The number of aromatic nitrogens is 3. The van der Waals surface area contributed by atoms with Gasteiger partial charge in [0.2, 0.25) is 0 Å². The number of hydrogen-bond acceptors (Lipinski definition) is 5. The van der Waals surface area contributed by atoms with Crippen molar-refractivity contribution in [2.45, 2.75) is 78.4 Å². The number of amides is 1. The van der Waals surface area contributed by atoms with Gasteiger partial charge in [0.25, 0.3) is 5.91 Å². The van der Waals surface area contributed by atoms with Crippen molar-refractivity contribution in [3.05, 3.63) is 46.0 Å².